The second kappa shape index (κ2) is 9.34. The molecule has 0 radical (unpaired) electrons. The lowest BCUT2D eigenvalue weighted by atomic mass is 10.1. The Morgan fingerprint density at radius 1 is 0.971 bits per heavy atom. The van der Waals surface area contributed by atoms with Crippen LogP contribution in [0.25, 0.3) is 16.7 Å². The van der Waals surface area contributed by atoms with Gasteiger partial charge in [-0.3, -0.25) is 14.2 Å². The van der Waals surface area contributed by atoms with Crippen molar-refractivity contribution in [3.8, 4) is 11.5 Å². The van der Waals surface area contributed by atoms with Crippen LogP contribution in [0.2, 0.25) is 0 Å². The van der Waals surface area contributed by atoms with Crippen LogP contribution in [0.5, 0.6) is 11.5 Å². The number of benzene rings is 2. The standard InChI is InChI=1S/C27H24N4O4/c1-34-21-12-11-20(24(15-21)35-2)16-29-26(32)19-9-7-18(8-10-19)17-31-25-22(5-3-13-28-25)30-14-4-6-23(30)27(31)33/h3-15H,16-17H2,1-2H3,(H,29,32). The maximum absolute atomic E-state index is 13.1. The van der Waals surface area contributed by atoms with Crippen molar-refractivity contribution in [2.24, 2.45) is 0 Å². The number of nitrogens with zero attached hydrogens (tertiary/aromatic N) is 3. The fourth-order valence-corrected chi connectivity index (χ4v) is 4.15. The summed E-state index contributed by atoms with van der Waals surface area (Å²) in [6, 6.07) is 20.1. The molecule has 1 amide bonds. The number of hydrogen-bond acceptors (Lipinski definition) is 5. The molecule has 0 atom stereocenters. The maximum Gasteiger partial charge on any atom is 0.276 e. The highest BCUT2D eigenvalue weighted by molar-refractivity contribution is 5.94. The van der Waals surface area contributed by atoms with Gasteiger partial charge < -0.3 is 19.2 Å². The molecule has 0 bridgehead atoms. The average molecular weight is 469 g/mol. The van der Waals surface area contributed by atoms with E-state index in [2.05, 4.69) is 10.3 Å². The zero-order chi connectivity index (χ0) is 24.4. The smallest absolute Gasteiger partial charge is 0.276 e. The Labute approximate surface area is 201 Å². The van der Waals surface area contributed by atoms with E-state index in [4.69, 9.17) is 9.47 Å². The second-order valence-corrected chi connectivity index (χ2v) is 8.06. The van der Waals surface area contributed by atoms with E-state index in [0.717, 1.165) is 16.6 Å². The molecule has 0 unspecified atom stereocenters. The SMILES string of the molecule is COc1ccc(CNC(=O)c2ccc(Cn3c(=O)c4cccn4c4cccnc43)cc2)c(OC)c1. The number of nitrogens with one attached hydrogen (secondary N) is 1. The first-order valence-corrected chi connectivity index (χ1v) is 11.1. The van der Waals surface area contributed by atoms with Crippen LogP contribution >= 0.6 is 0 Å². The molecule has 0 fully saturated rings. The van der Waals surface area contributed by atoms with Gasteiger partial charge in [0.2, 0.25) is 0 Å². The Hall–Kier alpha value is -4.59. The van der Waals surface area contributed by atoms with E-state index in [9.17, 15) is 9.59 Å². The minimum Gasteiger partial charge on any atom is -0.497 e. The molecule has 5 rings (SSSR count). The molecule has 5 aromatic rings. The summed E-state index contributed by atoms with van der Waals surface area (Å²) in [5, 5.41) is 2.92. The van der Waals surface area contributed by atoms with Gasteiger partial charge in [0.25, 0.3) is 11.5 Å². The highest BCUT2D eigenvalue weighted by Crippen LogP contribution is 2.24. The van der Waals surface area contributed by atoms with Gasteiger partial charge in [-0.1, -0.05) is 12.1 Å². The summed E-state index contributed by atoms with van der Waals surface area (Å²) in [6.45, 7) is 0.664. The predicted octanol–water partition coefficient (Wildman–Crippen LogP) is 3.64. The predicted molar refractivity (Wildman–Crippen MR) is 133 cm³/mol. The van der Waals surface area contributed by atoms with Gasteiger partial charge >= 0.3 is 0 Å². The van der Waals surface area contributed by atoms with Crippen LogP contribution in [-0.2, 0) is 13.1 Å². The lowest BCUT2D eigenvalue weighted by Gasteiger charge is -2.13. The first kappa shape index (κ1) is 22.2. The van der Waals surface area contributed by atoms with Crippen molar-refractivity contribution < 1.29 is 14.3 Å². The van der Waals surface area contributed by atoms with Crippen LogP contribution in [0.3, 0.4) is 0 Å². The van der Waals surface area contributed by atoms with E-state index < -0.39 is 0 Å². The van der Waals surface area contributed by atoms with Crippen molar-refractivity contribution in [3.63, 3.8) is 0 Å². The third-order valence-corrected chi connectivity index (χ3v) is 5.98. The van der Waals surface area contributed by atoms with Crippen LogP contribution in [0.4, 0.5) is 0 Å². The molecule has 3 heterocycles. The average Bonchev–Trinajstić information content (AvgIpc) is 3.40. The third kappa shape index (κ3) is 4.21. The topological polar surface area (TPSA) is 86.9 Å². The van der Waals surface area contributed by atoms with Gasteiger partial charge in [-0.05, 0) is 54.1 Å². The van der Waals surface area contributed by atoms with Gasteiger partial charge in [-0.25, -0.2) is 4.98 Å². The number of pyridine rings is 1. The van der Waals surface area contributed by atoms with Crippen LogP contribution in [0.1, 0.15) is 21.5 Å². The van der Waals surface area contributed by atoms with E-state index in [1.807, 2.05) is 53.1 Å². The van der Waals surface area contributed by atoms with Crippen molar-refractivity contribution in [2.75, 3.05) is 14.2 Å². The van der Waals surface area contributed by atoms with Crippen LogP contribution < -0.4 is 20.3 Å². The molecule has 8 nitrogen and oxygen atoms in total. The molecule has 0 aliphatic rings. The molecule has 0 saturated carbocycles. The molecule has 1 N–H and O–H groups in total. The molecule has 2 aromatic carbocycles. The van der Waals surface area contributed by atoms with Gasteiger partial charge in [-0.15, -0.1) is 0 Å². The summed E-state index contributed by atoms with van der Waals surface area (Å²) in [7, 11) is 3.17. The van der Waals surface area contributed by atoms with Crippen molar-refractivity contribution >= 4 is 22.6 Å². The minimum absolute atomic E-state index is 0.114. The number of ether oxygens (including phenoxy) is 2. The summed E-state index contributed by atoms with van der Waals surface area (Å²) in [4.78, 5) is 30.3. The van der Waals surface area contributed by atoms with Gasteiger partial charge in [0.15, 0.2) is 5.65 Å². The Morgan fingerprint density at radius 3 is 2.54 bits per heavy atom. The lowest BCUT2D eigenvalue weighted by molar-refractivity contribution is 0.0950. The van der Waals surface area contributed by atoms with E-state index in [0.29, 0.717) is 41.3 Å². The Balaban J connectivity index is 1.34. The molecule has 0 spiro atoms. The molecule has 8 heteroatoms. The van der Waals surface area contributed by atoms with Gasteiger partial charge in [-0.2, -0.15) is 0 Å². The summed E-state index contributed by atoms with van der Waals surface area (Å²) < 4.78 is 14.1. The fourth-order valence-electron chi connectivity index (χ4n) is 4.15. The number of carbonyl (C=O) groups excluding carboxylic acids is 1. The largest absolute Gasteiger partial charge is 0.497 e. The highest BCUT2D eigenvalue weighted by Gasteiger charge is 2.13. The molecule has 0 aliphatic carbocycles. The van der Waals surface area contributed by atoms with Gasteiger partial charge in [0.1, 0.15) is 17.0 Å². The molecular weight excluding hydrogens is 444 g/mol. The van der Waals surface area contributed by atoms with Gasteiger partial charge in [0, 0.05) is 36.1 Å². The van der Waals surface area contributed by atoms with Crippen LogP contribution in [0, 0.1) is 0 Å². The highest BCUT2D eigenvalue weighted by atomic mass is 16.5. The zero-order valence-corrected chi connectivity index (χ0v) is 19.4. The third-order valence-electron chi connectivity index (χ3n) is 5.98. The Bertz CT molecular complexity index is 1590. The summed E-state index contributed by atoms with van der Waals surface area (Å²) in [5.74, 6) is 1.13. The minimum atomic E-state index is -0.201. The lowest BCUT2D eigenvalue weighted by Crippen LogP contribution is -2.24. The monoisotopic (exact) mass is 468 g/mol. The van der Waals surface area contributed by atoms with Crippen LogP contribution in [-0.4, -0.2) is 34.1 Å². The molecular formula is C27H24N4O4. The van der Waals surface area contributed by atoms with Crippen molar-refractivity contribution in [3.05, 3.63) is 106 Å². The number of amides is 1. The number of fused-ring (bicyclic) bond motifs is 3. The first-order chi connectivity index (χ1) is 17.1. The number of rotatable bonds is 7. The summed E-state index contributed by atoms with van der Waals surface area (Å²) in [5.41, 5.74) is 4.21. The number of methoxy groups -OCH3 is 2. The summed E-state index contributed by atoms with van der Waals surface area (Å²) >= 11 is 0. The molecule has 35 heavy (non-hydrogen) atoms. The Kier molecular flexibility index (Phi) is 5.93. The molecule has 0 aliphatic heterocycles. The van der Waals surface area contributed by atoms with Crippen LogP contribution in [0.15, 0.2) is 83.9 Å². The normalized spacial score (nSPS) is 11.0. The first-order valence-electron chi connectivity index (χ1n) is 11.1. The summed E-state index contributed by atoms with van der Waals surface area (Å²) in [6.07, 6.45) is 3.54. The molecule has 3 aromatic heterocycles. The molecule has 0 saturated heterocycles. The van der Waals surface area contributed by atoms with E-state index in [1.54, 1.807) is 49.2 Å². The second-order valence-electron chi connectivity index (χ2n) is 8.06. The number of carbonyl (C=O) groups is 1. The zero-order valence-electron chi connectivity index (χ0n) is 19.4. The van der Waals surface area contributed by atoms with Crippen molar-refractivity contribution in [1.82, 2.24) is 19.3 Å². The van der Waals surface area contributed by atoms with Gasteiger partial charge in [0.05, 0.1) is 26.3 Å². The fraction of sp³-hybridized carbons (Fsp3) is 0.148. The number of hydrogen-bond donors (Lipinski definition) is 1. The van der Waals surface area contributed by atoms with Crippen molar-refractivity contribution in [2.45, 2.75) is 13.1 Å². The molecule has 176 valence electrons. The van der Waals surface area contributed by atoms with E-state index in [-0.39, 0.29) is 11.5 Å². The van der Waals surface area contributed by atoms with Crippen molar-refractivity contribution in [1.29, 1.82) is 0 Å². The Morgan fingerprint density at radius 2 is 1.77 bits per heavy atom. The number of aromatic nitrogens is 3. The van der Waals surface area contributed by atoms with E-state index in [1.165, 1.54) is 0 Å². The van der Waals surface area contributed by atoms with E-state index >= 15 is 0 Å². The quantitative estimate of drug-likeness (QED) is 0.394. The maximum atomic E-state index is 13.1.